The number of carbonyl (C=O) groups excluding carboxylic acids is 2. The molecule has 1 heterocycles. The molecule has 2 aromatic carbocycles. The van der Waals surface area contributed by atoms with Gasteiger partial charge in [-0.1, -0.05) is 12.1 Å². The summed E-state index contributed by atoms with van der Waals surface area (Å²) in [7, 11) is -1.91. The van der Waals surface area contributed by atoms with Gasteiger partial charge in [-0.15, -0.1) is 0 Å². The quantitative estimate of drug-likeness (QED) is 0.650. The number of nitrogens with one attached hydrogen (secondary N) is 2. The molecule has 1 fully saturated rings. The van der Waals surface area contributed by atoms with Gasteiger partial charge in [0.05, 0.1) is 28.8 Å². The maximum absolute atomic E-state index is 12.7. The van der Waals surface area contributed by atoms with E-state index in [1.165, 1.54) is 11.4 Å². The molecule has 1 atom stereocenters. The van der Waals surface area contributed by atoms with Gasteiger partial charge in [0.15, 0.2) is 0 Å². The molecular weight excluding hydrogens is 418 g/mol. The van der Waals surface area contributed by atoms with E-state index in [9.17, 15) is 18.0 Å². The molecule has 0 aliphatic carbocycles. The lowest BCUT2D eigenvalue weighted by Gasteiger charge is -2.18. The van der Waals surface area contributed by atoms with Crippen LogP contribution in [-0.2, 0) is 14.8 Å². The number of sulfonamides is 1. The van der Waals surface area contributed by atoms with Crippen LogP contribution in [0.15, 0.2) is 48.5 Å². The van der Waals surface area contributed by atoms with Crippen molar-refractivity contribution in [3.8, 4) is 0 Å². The van der Waals surface area contributed by atoms with Gasteiger partial charge in [0.25, 0.3) is 11.8 Å². The monoisotopic (exact) mass is 445 g/mol. The van der Waals surface area contributed by atoms with Crippen molar-refractivity contribution in [3.05, 3.63) is 59.7 Å². The molecule has 2 N–H and O–H groups in total. The van der Waals surface area contributed by atoms with E-state index in [2.05, 4.69) is 10.6 Å². The summed E-state index contributed by atoms with van der Waals surface area (Å²) in [4.78, 5) is 25.3. The molecule has 1 aliphatic heterocycles. The van der Waals surface area contributed by atoms with E-state index >= 15 is 0 Å². The van der Waals surface area contributed by atoms with Crippen LogP contribution in [0.5, 0.6) is 0 Å². The third-order valence-corrected chi connectivity index (χ3v) is 6.98. The van der Waals surface area contributed by atoms with Crippen molar-refractivity contribution >= 4 is 33.2 Å². The number of benzene rings is 2. The summed E-state index contributed by atoms with van der Waals surface area (Å²) >= 11 is 0. The first kappa shape index (κ1) is 22.8. The van der Waals surface area contributed by atoms with E-state index in [4.69, 9.17) is 4.74 Å². The number of ether oxygens (including phenoxy) is 1. The Hall–Kier alpha value is -2.91. The van der Waals surface area contributed by atoms with Gasteiger partial charge in [-0.25, -0.2) is 8.42 Å². The molecule has 9 heteroatoms. The number of amides is 2. The molecule has 0 unspecified atom stereocenters. The number of hydrogen-bond acceptors (Lipinski definition) is 5. The predicted octanol–water partition coefficient (Wildman–Crippen LogP) is 2.63. The van der Waals surface area contributed by atoms with Gasteiger partial charge in [0.1, 0.15) is 0 Å². The minimum Gasteiger partial charge on any atom is -0.376 e. The lowest BCUT2D eigenvalue weighted by molar-refractivity contribution is 0.0858. The summed E-state index contributed by atoms with van der Waals surface area (Å²) in [5.41, 5.74) is 1.57. The van der Waals surface area contributed by atoms with Crippen molar-refractivity contribution in [3.63, 3.8) is 0 Å². The molecule has 8 nitrogen and oxygen atoms in total. The fourth-order valence-corrected chi connectivity index (χ4v) is 4.10. The molecule has 166 valence electrons. The fourth-order valence-electron chi connectivity index (χ4n) is 3.27. The summed E-state index contributed by atoms with van der Waals surface area (Å²) in [6.45, 7) is 2.71. The highest BCUT2D eigenvalue weighted by Crippen LogP contribution is 2.20. The Morgan fingerprint density at radius 1 is 1.10 bits per heavy atom. The normalized spacial score (nSPS) is 16.0. The van der Waals surface area contributed by atoms with Crippen molar-refractivity contribution in [2.75, 3.05) is 35.6 Å². The number of para-hydroxylation sites is 1. The van der Waals surface area contributed by atoms with E-state index in [0.717, 1.165) is 12.8 Å². The Balaban J connectivity index is 1.68. The Morgan fingerprint density at radius 3 is 2.45 bits per heavy atom. The van der Waals surface area contributed by atoms with Crippen LogP contribution in [0.3, 0.4) is 0 Å². The number of anilines is 2. The van der Waals surface area contributed by atoms with Gasteiger partial charge in [-0.05, 0) is 56.2 Å². The van der Waals surface area contributed by atoms with E-state index in [-0.39, 0.29) is 17.8 Å². The molecule has 1 aliphatic rings. The number of hydrogen-bond donors (Lipinski definition) is 2. The third kappa shape index (κ3) is 5.62. The zero-order valence-corrected chi connectivity index (χ0v) is 18.4. The van der Waals surface area contributed by atoms with Crippen LogP contribution in [0, 0.1) is 0 Å². The minimum absolute atomic E-state index is 0.0164. The van der Waals surface area contributed by atoms with E-state index in [1.54, 1.807) is 55.5 Å². The second-order valence-electron chi connectivity index (χ2n) is 7.26. The zero-order valence-electron chi connectivity index (χ0n) is 17.6. The topological polar surface area (TPSA) is 105 Å². The van der Waals surface area contributed by atoms with Crippen molar-refractivity contribution in [2.45, 2.75) is 25.9 Å². The molecule has 0 bridgehead atoms. The molecule has 0 saturated carbocycles. The first-order valence-corrected chi connectivity index (χ1v) is 11.8. The molecule has 3 rings (SSSR count). The summed E-state index contributed by atoms with van der Waals surface area (Å²) in [5, 5.41) is 5.62. The average Bonchev–Trinajstić information content (AvgIpc) is 3.31. The Bertz CT molecular complexity index is 1030. The van der Waals surface area contributed by atoms with Crippen LogP contribution in [-0.4, -0.2) is 52.3 Å². The molecular formula is C22H27N3O5S. The first-order valence-electron chi connectivity index (χ1n) is 10.2. The number of carbonyl (C=O) groups is 2. The Labute approximate surface area is 182 Å². The molecule has 31 heavy (non-hydrogen) atoms. The number of rotatable bonds is 8. The van der Waals surface area contributed by atoms with Gasteiger partial charge in [-0.2, -0.15) is 0 Å². The highest BCUT2D eigenvalue weighted by atomic mass is 32.2. The molecule has 2 amide bonds. The second kappa shape index (κ2) is 9.93. The zero-order chi connectivity index (χ0) is 22.4. The second-order valence-corrected chi connectivity index (χ2v) is 9.55. The van der Waals surface area contributed by atoms with E-state index in [0.29, 0.717) is 35.7 Å². The standard InChI is InChI=1S/C22H27N3O5S/c1-3-31(28,29)25(2)17-12-10-16(11-13-17)21(26)24-20-9-5-4-8-19(20)22(27)23-15-18-7-6-14-30-18/h4-5,8-13,18H,3,6-7,14-15H2,1-2H3,(H,23,27)(H,24,26)/t18-/m0/s1. The smallest absolute Gasteiger partial charge is 0.255 e. The molecule has 0 spiro atoms. The van der Waals surface area contributed by atoms with Crippen molar-refractivity contribution in [2.24, 2.45) is 0 Å². The van der Waals surface area contributed by atoms with Crippen LogP contribution >= 0.6 is 0 Å². The first-order chi connectivity index (χ1) is 14.8. The van der Waals surface area contributed by atoms with Gasteiger partial charge in [0.2, 0.25) is 10.0 Å². The van der Waals surface area contributed by atoms with Gasteiger partial charge in [-0.3, -0.25) is 13.9 Å². The lowest BCUT2D eigenvalue weighted by Crippen LogP contribution is -2.32. The predicted molar refractivity (Wildman–Crippen MR) is 120 cm³/mol. The Morgan fingerprint density at radius 2 is 1.81 bits per heavy atom. The average molecular weight is 446 g/mol. The molecule has 0 radical (unpaired) electrons. The van der Waals surface area contributed by atoms with Crippen LogP contribution in [0.4, 0.5) is 11.4 Å². The fraction of sp³-hybridized carbons (Fsp3) is 0.364. The van der Waals surface area contributed by atoms with Gasteiger partial charge >= 0.3 is 0 Å². The maximum atomic E-state index is 12.7. The highest BCUT2D eigenvalue weighted by Gasteiger charge is 2.19. The van der Waals surface area contributed by atoms with Crippen LogP contribution in [0.25, 0.3) is 0 Å². The summed E-state index contributed by atoms with van der Waals surface area (Å²) in [5.74, 6) is -0.697. The Kier molecular flexibility index (Phi) is 7.29. The van der Waals surface area contributed by atoms with Crippen molar-refractivity contribution in [1.29, 1.82) is 0 Å². The maximum Gasteiger partial charge on any atom is 0.255 e. The van der Waals surface area contributed by atoms with Crippen molar-refractivity contribution in [1.82, 2.24) is 5.32 Å². The van der Waals surface area contributed by atoms with Gasteiger partial charge < -0.3 is 15.4 Å². The summed E-state index contributed by atoms with van der Waals surface area (Å²) < 4.78 is 30.7. The van der Waals surface area contributed by atoms with Gasteiger partial charge in [0, 0.05) is 25.8 Å². The molecule has 0 aromatic heterocycles. The third-order valence-electron chi connectivity index (χ3n) is 5.21. The molecule has 1 saturated heterocycles. The minimum atomic E-state index is -3.38. The van der Waals surface area contributed by atoms with E-state index < -0.39 is 15.9 Å². The summed E-state index contributed by atoms with van der Waals surface area (Å²) in [6, 6.07) is 13.0. The molecule has 2 aromatic rings. The summed E-state index contributed by atoms with van der Waals surface area (Å²) in [6.07, 6.45) is 1.94. The largest absolute Gasteiger partial charge is 0.376 e. The van der Waals surface area contributed by atoms with Crippen molar-refractivity contribution < 1.29 is 22.7 Å². The SMILES string of the molecule is CCS(=O)(=O)N(C)c1ccc(C(=O)Nc2ccccc2C(=O)NC[C@@H]2CCCO2)cc1. The highest BCUT2D eigenvalue weighted by molar-refractivity contribution is 7.92. The van der Waals surface area contributed by atoms with Crippen LogP contribution in [0.2, 0.25) is 0 Å². The van der Waals surface area contributed by atoms with E-state index in [1.807, 2.05) is 0 Å². The lowest BCUT2D eigenvalue weighted by atomic mass is 10.1. The number of nitrogens with zero attached hydrogens (tertiary/aromatic N) is 1. The van der Waals surface area contributed by atoms with Crippen LogP contribution in [0.1, 0.15) is 40.5 Å². The van der Waals surface area contributed by atoms with Crippen LogP contribution < -0.4 is 14.9 Å².